The molecule has 0 amide bonds. The van der Waals surface area contributed by atoms with Crippen molar-refractivity contribution in [2.24, 2.45) is 0 Å². The highest BCUT2D eigenvalue weighted by Crippen LogP contribution is 2.32. The average Bonchev–Trinajstić information content (AvgIpc) is 2.98. The molecule has 3 aliphatic rings. The summed E-state index contributed by atoms with van der Waals surface area (Å²) in [6.07, 6.45) is 15.6. The van der Waals surface area contributed by atoms with E-state index in [1.807, 2.05) is 0 Å². The lowest BCUT2D eigenvalue weighted by atomic mass is 9.94. The zero-order valence-corrected chi connectivity index (χ0v) is 13.9. The molecule has 2 aliphatic carbocycles. The molecule has 0 aromatic rings. The second-order valence-corrected chi connectivity index (χ2v) is 7.26. The quantitative estimate of drug-likeness (QED) is 0.763. The van der Waals surface area contributed by atoms with Gasteiger partial charge < -0.3 is 4.74 Å². The average molecular weight is 294 g/mol. The Hall–Kier alpha value is -0.120. The minimum Gasteiger partial charge on any atom is -0.349 e. The fraction of sp³-hybridized carbons (Fsp3) is 1.00. The van der Waals surface area contributed by atoms with Gasteiger partial charge in [0.15, 0.2) is 6.35 Å². The minimum absolute atomic E-state index is 0.288. The van der Waals surface area contributed by atoms with Gasteiger partial charge in [0, 0.05) is 31.8 Å². The lowest BCUT2D eigenvalue weighted by Crippen LogP contribution is -2.50. The molecule has 0 radical (unpaired) electrons. The van der Waals surface area contributed by atoms with Gasteiger partial charge in [0.1, 0.15) is 0 Å². The van der Waals surface area contributed by atoms with Crippen molar-refractivity contribution in [1.82, 2.24) is 9.80 Å². The van der Waals surface area contributed by atoms with E-state index in [1.54, 1.807) is 0 Å². The Morgan fingerprint density at radius 3 is 1.67 bits per heavy atom. The van der Waals surface area contributed by atoms with Crippen LogP contribution in [-0.2, 0) is 4.74 Å². The molecule has 3 fully saturated rings. The van der Waals surface area contributed by atoms with E-state index in [9.17, 15) is 0 Å². The summed E-state index contributed by atoms with van der Waals surface area (Å²) in [4.78, 5) is 5.42. The van der Waals surface area contributed by atoms with Gasteiger partial charge in [-0.1, -0.05) is 45.4 Å². The molecule has 0 aromatic heterocycles. The van der Waals surface area contributed by atoms with E-state index >= 15 is 0 Å². The van der Waals surface area contributed by atoms with Crippen molar-refractivity contribution in [2.75, 3.05) is 19.7 Å². The number of hydrogen-bond donors (Lipinski definition) is 0. The first-order chi connectivity index (χ1) is 10.4. The van der Waals surface area contributed by atoms with Crippen LogP contribution in [0.3, 0.4) is 0 Å². The molecule has 0 bridgehead atoms. The molecule has 0 spiro atoms. The van der Waals surface area contributed by atoms with Crippen molar-refractivity contribution in [3.63, 3.8) is 0 Å². The summed E-state index contributed by atoms with van der Waals surface area (Å²) < 4.78 is 6.34. The van der Waals surface area contributed by atoms with Crippen LogP contribution in [0.15, 0.2) is 0 Å². The Bertz CT molecular complexity index is 272. The molecule has 21 heavy (non-hydrogen) atoms. The van der Waals surface area contributed by atoms with E-state index in [4.69, 9.17) is 4.74 Å². The predicted octanol–water partition coefficient (Wildman–Crippen LogP) is 3.98. The fourth-order valence-corrected chi connectivity index (χ4v) is 4.61. The number of rotatable bonds is 5. The summed E-state index contributed by atoms with van der Waals surface area (Å²) in [6.45, 7) is 5.60. The van der Waals surface area contributed by atoms with Crippen LogP contribution in [0.2, 0.25) is 0 Å². The molecule has 122 valence electrons. The number of hydrogen-bond acceptors (Lipinski definition) is 3. The molecule has 3 rings (SSSR count). The van der Waals surface area contributed by atoms with E-state index < -0.39 is 0 Å². The molecule has 0 unspecified atom stereocenters. The third-order valence-corrected chi connectivity index (χ3v) is 5.74. The number of ether oxygens (including phenoxy) is 1. The third kappa shape index (κ3) is 3.80. The van der Waals surface area contributed by atoms with Gasteiger partial charge in [-0.15, -0.1) is 0 Å². The Morgan fingerprint density at radius 1 is 0.762 bits per heavy atom. The van der Waals surface area contributed by atoms with Crippen LogP contribution < -0.4 is 0 Å². The highest BCUT2D eigenvalue weighted by molar-refractivity contribution is 4.88. The maximum absolute atomic E-state index is 6.34. The molecule has 3 nitrogen and oxygen atoms in total. The molecule has 0 aromatic carbocycles. The standard InChI is InChI=1S/C18H34N2O/c1-2-15-21-18-19(16-9-5-3-6-10-16)13-14-20(18)17-11-7-4-8-12-17/h16-18H,2-15H2,1H3. The summed E-state index contributed by atoms with van der Waals surface area (Å²) in [5, 5.41) is 0. The van der Waals surface area contributed by atoms with Gasteiger partial charge in [-0.3, -0.25) is 9.80 Å². The first kappa shape index (κ1) is 15.8. The van der Waals surface area contributed by atoms with Crippen molar-refractivity contribution < 1.29 is 4.74 Å². The second-order valence-electron chi connectivity index (χ2n) is 7.26. The molecule has 1 saturated heterocycles. The molecule has 1 aliphatic heterocycles. The van der Waals surface area contributed by atoms with E-state index in [2.05, 4.69) is 16.7 Å². The van der Waals surface area contributed by atoms with Gasteiger partial charge >= 0.3 is 0 Å². The first-order valence-corrected chi connectivity index (χ1v) is 9.53. The molecule has 2 saturated carbocycles. The zero-order chi connectivity index (χ0) is 14.5. The molecule has 0 atom stereocenters. The lowest BCUT2D eigenvalue weighted by molar-refractivity contribution is -0.142. The van der Waals surface area contributed by atoms with Gasteiger partial charge in [-0.2, -0.15) is 0 Å². The monoisotopic (exact) mass is 294 g/mol. The zero-order valence-electron chi connectivity index (χ0n) is 13.9. The van der Waals surface area contributed by atoms with Crippen LogP contribution in [0.4, 0.5) is 0 Å². The smallest absolute Gasteiger partial charge is 0.169 e. The predicted molar refractivity (Wildman–Crippen MR) is 87.2 cm³/mol. The van der Waals surface area contributed by atoms with Crippen LogP contribution in [0, 0.1) is 0 Å². The summed E-state index contributed by atoms with van der Waals surface area (Å²) in [7, 11) is 0. The first-order valence-electron chi connectivity index (χ1n) is 9.53. The fourth-order valence-electron chi connectivity index (χ4n) is 4.61. The van der Waals surface area contributed by atoms with Crippen molar-refractivity contribution in [1.29, 1.82) is 0 Å². The molecular formula is C18H34N2O. The van der Waals surface area contributed by atoms with Gasteiger partial charge in [0.2, 0.25) is 0 Å². The Labute approximate surface area is 131 Å². The molecule has 1 heterocycles. The van der Waals surface area contributed by atoms with Crippen LogP contribution in [0.25, 0.3) is 0 Å². The highest BCUT2D eigenvalue weighted by atomic mass is 16.5. The van der Waals surface area contributed by atoms with Crippen LogP contribution in [-0.4, -0.2) is 47.9 Å². The minimum atomic E-state index is 0.288. The highest BCUT2D eigenvalue weighted by Gasteiger charge is 2.40. The lowest BCUT2D eigenvalue weighted by Gasteiger charge is -2.40. The molecule has 3 heteroatoms. The molecule has 0 N–H and O–H groups in total. The van der Waals surface area contributed by atoms with Crippen molar-refractivity contribution in [2.45, 2.75) is 96.0 Å². The maximum atomic E-state index is 6.34. The largest absolute Gasteiger partial charge is 0.349 e. The summed E-state index contributed by atoms with van der Waals surface area (Å²) in [5.74, 6) is 0. The number of nitrogens with zero attached hydrogens (tertiary/aromatic N) is 2. The van der Waals surface area contributed by atoms with Gasteiger partial charge in [0.25, 0.3) is 0 Å². The van der Waals surface area contributed by atoms with Crippen LogP contribution in [0.1, 0.15) is 77.6 Å². The molecular weight excluding hydrogens is 260 g/mol. The Kier molecular flexibility index (Phi) is 5.96. The van der Waals surface area contributed by atoms with E-state index in [0.29, 0.717) is 0 Å². The summed E-state index contributed by atoms with van der Waals surface area (Å²) >= 11 is 0. The van der Waals surface area contributed by atoms with E-state index in [0.717, 1.165) is 25.1 Å². The van der Waals surface area contributed by atoms with Gasteiger partial charge in [0.05, 0.1) is 0 Å². The second kappa shape index (κ2) is 7.94. The Balaban J connectivity index is 1.65. The van der Waals surface area contributed by atoms with Crippen LogP contribution in [0.5, 0.6) is 0 Å². The topological polar surface area (TPSA) is 15.7 Å². The van der Waals surface area contributed by atoms with E-state index in [-0.39, 0.29) is 6.35 Å². The maximum Gasteiger partial charge on any atom is 0.169 e. The van der Waals surface area contributed by atoms with Crippen LogP contribution >= 0.6 is 0 Å². The van der Waals surface area contributed by atoms with Crippen molar-refractivity contribution in [3.05, 3.63) is 0 Å². The van der Waals surface area contributed by atoms with Crippen molar-refractivity contribution in [3.8, 4) is 0 Å². The van der Waals surface area contributed by atoms with Gasteiger partial charge in [-0.05, 0) is 32.1 Å². The van der Waals surface area contributed by atoms with Crippen molar-refractivity contribution >= 4 is 0 Å². The van der Waals surface area contributed by atoms with Gasteiger partial charge in [-0.25, -0.2) is 0 Å². The summed E-state index contributed by atoms with van der Waals surface area (Å²) in [6, 6.07) is 1.57. The third-order valence-electron chi connectivity index (χ3n) is 5.74. The van der Waals surface area contributed by atoms with E-state index in [1.165, 1.54) is 77.3 Å². The normalized spacial score (nSPS) is 28.4. The Morgan fingerprint density at radius 2 is 1.24 bits per heavy atom. The SMILES string of the molecule is CCCOC1N(C2CCCCC2)CCN1C1CCCCC1. The summed E-state index contributed by atoms with van der Waals surface area (Å²) in [5.41, 5.74) is 0.